The smallest absolute Gasteiger partial charge is 0.248 e. The van der Waals surface area contributed by atoms with E-state index in [0.717, 1.165) is 37.0 Å². The van der Waals surface area contributed by atoms with Gasteiger partial charge in [0.1, 0.15) is 0 Å². The van der Waals surface area contributed by atoms with Crippen LogP contribution in [0, 0.1) is 0 Å². The van der Waals surface area contributed by atoms with Gasteiger partial charge >= 0.3 is 0 Å². The van der Waals surface area contributed by atoms with Crippen LogP contribution < -0.4 is 11.1 Å². The Balaban J connectivity index is 2.71. The van der Waals surface area contributed by atoms with E-state index in [-0.39, 0.29) is 5.91 Å². The molecule has 0 bridgehead atoms. The second-order valence-electron chi connectivity index (χ2n) is 3.85. The number of likely N-dealkylation sites (N-methyl/N-ethyl adjacent to an activating group) is 1. The van der Waals surface area contributed by atoms with Crippen LogP contribution >= 0.6 is 0 Å². The number of rotatable bonds is 1. The van der Waals surface area contributed by atoms with Crippen molar-refractivity contribution in [3.8, 4) is 0 Å². The Labute approximate surface area is 85.7 Å². The number of carbonyl (C=O) groups is 1. The van der Waals surface area contributed by atoms with E-state index in [1.807, 2.05) is 0 Å². The fraction of sp³-hybridized carbons (Fsp3) is 0.727. The average Bonchev–Trinajstić information content (AvgIpc) is 2.29. The first kappa shape index (κ1) is 11.1. The number of amides is 1. The molecule has 14 heavy (non-hydrogen) atoms. The van der Waals surface area contributed by atoms with Crippen LogP contribution in [-0.2, 0) is 4.79 Å². The molecule has 0 spiro atoms. The average molecular weight is 196 g/mol. The predicted octanol–water partition coefficient (Wildman–Crippen LogP) is 1.69. The lowest BCUT2D eigenvalue weighted by molar-refractivity contribution is -0.117. The monoisotopic (exact) mass is 196 g/mol. The third-order valence-corrected chi connectivity index (χ3v) is 2.76. The molecule has 0 saturated heterocycles. The van der Waals surface area contributed by atoms with Gasteiger partial charge in [-0.15, -0.1) is 0 Å². The Hall–Kier alpha value is -0.990. The Morgan fingerprint density at radius 3 is 2.36 bits per heavy atom. The molecule has 3 nitrogen and oxygen atoms in total. The number of nitrogens with one attached hydrogen (secondary N) is 1. The van der Waals surface area contributed by atoms with Crippen molar-refractivity contribution >= 4 is 5.91 Å². The van der Waals surface area contributed by atoms with Crippen LogP contribution in [0.5, 0.6) is 0 Å². The molecule has 1 amide bonds. The third-order valence-electron chi connectivity index (χ3n) is 2.76. The molecule has 0 aliphatic heterocycles. The van der Waals surface area contributed by atoms with Crippen molar-refractivity contribution in [3.63, 3.8) is 0 Å². The van der Waals surface area contributed by atoms with Crippen molar-refractivity contribution < 1.29 is 4.79 Å². The Morgan fingerprint density at radius 1 is 1.14 bits per heavy atom. The van der Waals surface area contributed by atoms with E-state index in [1.54, 1.807) is 7.05 Å². The molecular weight excluding hydrogens is 176 g/mol. The fourth-order valence-electron chi connectivity index (χ4n) is 1.87. The second kappa shape index (κ2) is 5.68. The second-order valence-corrected chi connectivity index (χ2v) is 3.85. The molecule has 0 unspecified atom stereocenters. The van der Waals surface area contributed by atoms with Gasteiger partial charge in [-0.2, -0.15) is 0 Å². The summed E-state index contributed by atoms with van der Waals surface area (Å²) in [5.74, 6) is 0.00407. The normalized spacial score (nSPS) is 24.6. The van der Waals surface area contributed by atoms with Crippen molar-refractivity contribution in [3.05, 3.63) is 11.3 Å². The van der Waals surface area contributed by atoms with E-state index in [4.69, 9.17) is 5.73 Å². The molecule has 3 heteroatoms. The lowest BCUT2D eigenvalue weighted by Crippen LogP contribution is -2.23. The molecule has 0 aromatic rings. The summed E-state index contributed by atoms with van der Waals surface area (Å²) in [5, 5.41) is 2.66. The van der Waals surface area contributed by atoms with Crippen molar-refractivity contribution in [1.82, 2.24) is 5.32 Å². The van der Waals surface area contributed by atoms with Crippen LogP contribution in [0.3, 0.4) is 0 Å². The molecule has 80 valence electrons. The van der Waals surface area contributed by atoms with Gasteiger partial charge in [0.25, 0.3) is 0 Å². The zero-order valence-corrected chi connectivity index (χ0v) is 8.94. The number of hydrogen-bond donors (Lipinski definition) is 2. The van der Waals surface area contributed by atoms with E-state index in [2.05, 4.69) is 5.32 Å². The lowest BCUT2D eigenvalue weighted by atomic mass is 10.0. The van der Waals surface area contributed by atoms with Crippen LogP contribution in [-0.4, -0.2) is 13.0 Å². The third kappa shape index (κ3) is 3.05. The van der Waals surface area contributed by atoms with Gasteiger partial charge in [0, 0.05) is 18.3 Å². The Bertz CT molecular complexity index is 233. The first-order valence-corrected chi connectivity index (χ1v) is 5.45. The minimum Gasteiger partial charge on any atom is -0.402 e. The van der Waals surface area contributed by atoms with Gasteiger partial charge in [-0.25, -0.2) is 0 Å². The van der Waals surface area contributed by atoms with Gasteiger partial charge in [-0.1, -0.05) is 19.3 Å². The number of hydrogen-bond acceptors (Lipinski definition) is 2. The Kier molecular flexibility index (Phi) is 4.50. The first-order valence-electron chi connectivity index (χ1n) is 5.45. The largest absolute Gasteiger partial charge is 0.402 e. The molecule has 0 fully saturated rings. The molecule has 0 heterocycles. The molecule has 1 aliphatic carbocycles. The molecular formula is C11H20N2O. The van der Waals surface area contributed by atoms with Gasteiger partial charge in [-0.05, 0) is 25.7 Å². The number of allylic oxidation sites excluding steroid dienone is 1. The lowest BCUT2D eigenvalue weighted by Gasteiger charge is -2.08. The highest BCUT2D eigenvalue weighted by Gasteiger charge is 2.12. The van der Waals surface area contributed by atoms with Gasteiger partial charge in [0.2, 0.25) is 5.91 Å². The molecule has 1 rings (SSSR count). The molecule has 3 N–H and O–H groups in total. The highest BCUT2D eigenvalue weighted by molar-refractivity contribution is 5.93. The maximum Gasteiger partial charge on any atom is 0.248 e. The summed E-state index contributed by atoms with van der Waals surface area (Å²) < 4.78 is 0. The first-order chi connectivity index (χ1) is 6.75. The van der Waals surface area contributed by atoms with Gasteiger partial charge < -0.3 is 11.1 Å². The van der Waals surface area contributed by atoms with Gasteiger partial charge in [0.15, 0.2) is 0 Å². The minimum atomic E-state index is 0.00407. The Morgan fingerprint density at radius 2 is 1.71 bits per heavy atom. The van der Waals surface area contributed by atoms with Crippen LogP contribution in [0.2, 0.25) is 0 Å². The van der Waals surface area contributed by atoms with Crippen molar-refractivity contribution in [2.75, 3.05) is 7.05 Å². The van der Waals surface area contributed by atoms with Crippen molar-refractivity contribution in [2.45, 2.75) is 44.9 Å². The standard InChI is InChI=1S/C11H20N2O/c1-13-11(14)9-7-5-3-2-4-6-8-10(9)12/h2-8,12H2,1H3,(H,13,14)/b10-9-. The molecule has 0 saturated carbocycles. The highest BCUT2D eigenvalue weighted by atomic mass is 16.1. The minimum absolute atomic E-state index is 0.00407. The van der Waals surface area contributed by atoms with Crippen LogP contribution in [0.1, 0.15) is 44.9 Å². The summed E-state index contributed by atoms with van der Waals surface area (Å²) in [6.45, 7) is 0. The van der Waals surface area contributed by atoms with E-state index < -0.39 is 0 Å². The molecule has 1 aliphatic rings. The maximum atomic E-state index is 11.5. The van der Waals surface area contributed by atoms with E-state index >= 15 is 0 Å². The van der Waals surface area contributed by atoms with E-state index in [1.165, 1.54) is 19.3 Å². The SMILES string of the molecule is CNC(=O)/C1=C(\N)CCCCCCC1. The summed E-state index contributed by atoms with van der Waals surface area (Å²) in [5.41, 5.74) is 7.52. The zero-order chi connectivity index (χ0) is 10.4. The summed E-state index contributed by atoms with van der Waals surface area (Å²) in [4.78, 5) is 11.5. The maximum absolute atomic E-state index is 11.5. The topological polar surface area (TPSA) is 55.1 Å². The van der Waals surface area contributed by atoms with Gasteiger partial charge in [-0.3, -0.25) is 4.79 Å². The van der Waals surface area contributed by atoms with Crippen molar-refractivity contribution in [1.29, 1.82) is 0 Å². The predicted molar refractivity (Wildman–Crippen MR) is 57.6 cm³/mol. The number of nitrogens with two attached hydrogens (primary N) is 1. The van der Waals surface area contributed by atoms with Crippen LogP contribution in [0.15, 0.2) is 11.3 Å². The zero-order valence-electron chi connectivity index (χ0n) is 8.94. The summed E-state index contributed by atoms with van der Waals surface area (Å²) in [6, 6.07) is 0. The molecule has 0 aromatic carbocycles. The van der Waals surface area contributed by atoms with Crippen LogP contribution in [0.25, 0.3) is 0 Å². The molecule has 0 radical (unpaired) electrons. The van der Waals surface area contributed by atoms with Crippen molar-refractivity contribution in [2.24, 2.45) is 5.73 Å². The summed E-state index contributed by atoms with van der Waals surface area (Å²) in [7, 11) is 1.66. The quantitative estimate of drug-likeness (QED) is 0.670. The van der Waals surface area contributed by atoms with Gasteiger partial charge in [0.05, 0.1) is 0 Å². The highest BCUT2D eigenvalue weighted by Crippen LogP contribution is 2.19. The molecule has 0 aromatic heterocycles. The fourth-order valence-corrected chi connectivity index (χ4v) is 1.87. The molecule has 0 atom stereocenters. The van der Waals surface area contributed by atoms with Crippen LogP contribution in [0.4, 0.5) is 0 Å². The summed E-state index contributed by atoms with van der Waals surface area (Å²) in [6.07, 6.45) is 7.65. The number of carbonyl (C=O) groups excluding carboxylic acids is 1. The van der Waals surface area contributed by atoms with E-state index in [0.29, 0.717) is 0 Å². The van der Waals surface area contributed by atoms with E-state index in [9.17, 15) is 4.79 Å². The summed E-state index contributed by atoms with van der Waals surface area (Å²) >= 11 is 0.